The first-order valence-electron chi connectivity index (χ1n) is 10.3. The van der Waals surface area contributed by atoms with E-state index in [4.69, 9.17) is 14.2 Å². The molecule has 170 valence electrons. The SMILES string of the molecule is CC(C)C(F)(F)Oc1ccc(CC(=O)OC(C#N)c2cccc(Oc3ccccc3)c2)cc1. The Morgan fingerprint density at radius 3 is 2.24 bits per heavy atom. The van der Waals surface area contributed by atoms with Crippen molar-refractivity contribution in [3.05, 3.63) is 90.0 Å². The van der Waals surface area contributed by atoms with Gasteiger partial charge in [-0.1, -0.05) is 56.3 Å². The maximum absolute atomic E-state index is 13.7. The van der Waals surface area contributed by atoms with Crippen LogP contribution in [-0.4, -0.2) is 12.1 Å². The standard InChI is InChI=1S/C26H23F2NO4/c1-18(2)26(27,28)33-22-13-11-19(12-14-22)15-25(30)32-24(17-29)20-7-6-10-23(16-20)31-21-8-4-3-5-9-21/h3-14,16,18,24H,15H2,1-2H3. The molecule has 5 nitrogen and oxygen atoms in total. The van der Waals surface area contributed by atoms with Gasteiger partial charge in [0.25, 0.3) is 0 Å². The predicted molar refractivity (Wildman–Crippen MR) is 118 cm³/mol. The van der Waals surface area contributed by atoms with Crippen LogP contribution in [0, 0.1) is 17.2 Å². The Bertz CT molecular complexity index is 1110. The monoisotopic (exact) mass is 451 g/mol. The zero-order valence-electron chi connectivity index (χ0n) is 18.2. The van der Waals surface area contributed by atoms with Crippen LogP contribution in [0.4, 0.5) is 8.78 Å². The number of hydrogen-bond acceptors (Lipinski definition) is 5. The van der Waals surface area contributed by atoms with Crippen LogP contribution in [0.5, 0.6) is 17.2 Å². The fourth-order valence-electron chi connectivity index (χ4n) is 2.82. The maximum atomic E-state index is 13.7. The zero-order chi connectivity index (χ0) is 23.8. The highest BCUT2D eigenvalue weighted by Gasteiger charge is 2.36. The quantitative estimate of drug-likeness (QED) is 0.349. The van der Waals surface area contributed by atoms with Crippen molar-refractivity contribution in [3.63, 3.8) is 0 Å². The van der Waals surface area contributed by atoms with Gasteiger partial charge in [-0.05, 0) is 42.0 Å². The Labute approximate surface area is 191 Å². The van der Waals surface area contributed by atoms with Crippen LogP contribution in [0.25, 0.3) is 0 Å². The molecule has 1 unspecified atom stereocenters. The van der Waals surface area contributed by atoms with Crippen molar-refractivity contribution in [1.82, 2.24) is 0 Å². The van der Waals surface area contributed by atoms with Crippen molar-refractivity contribution in [2.75, 3.05) is 0 Å². The van der Waals surface area contributed by atoms with Gasteiger partial charge in [-0.2, -0.15) is 14.0 Å². The highest BCUT2D eigenvalue weighted by atomic mass is 19.3. The number of ether oxygens (including phenoxy) is 3. The van der Waals surface area contributed by atoms with E-state index in [2.05, 4.69) is 0 Å². The number of para-hydroxylation sites is 1. The summed E-state index contributed by atoms with van der Waals surface area (Å²) in [6, 6.07) is 23.6. The predicted octanol–water partition coefficient (Wildman–Crippen LogP) is 6.46. The van der Waals surface area contributed by atoms with Gasteiger partial charge in [-0.3, -0.25) is 4.79 Å². The van der Waals surface area contributed by atoms with E-state index >= 15 is 0 Å². The number of nitriles is 1. The van der Waals surface area contributed by atoms with Crippen molar-refractivity contribution in [1.29, 1.82) is 5.26 Å². The summed E-state index contributed by atoms with van der Waals surface area (Å²) in [5, 5.41) is 9.51. The molecule has 0 saturated carbocycles. The van der Waals surface area contributed by atoms with Gasteiger partial charge in [-0.25, -0.2) is 0 Å². The van der Waals surface area contributed by atoms with Crippen molar-refractivity contribution in [3.8, 4) is 23.3 Å². The lowest BCUT2D eigenvalue weighted by atomic mass is 10.1. The van der Waals surface area contributed by atoms with Crippen LogP contribution in [0.3, 0.4) is 0 Å². The normalized spacial score (nSPS) is 12.0. The molecule has 0 amide bonds. The molecular formula is C26H23F2NO4. The largest absolute Gasteiger partial charge is 0.457 e. The van der Waals surface area contributed by atoms with Crippen LogP contribution >= 0.6 is 0 Å². The molecule has 0 heterocycles. The smallest absolute Gasteiger partial charge is 0.400 e. The number of carbonyl (C=O) groups is 1. The van der Waals surface area contributed by atoms with Crippen molar-refractivity contribution < 1.29 is 27.8 Å². The van der Waals surface area contributed by atoms with Crippen LogP contribution in [0.2, 0.25) is 0 Å². The van der Waals surface area contributed by atoms with E-state index in [1.54, 1.807) is 36.4 Å². The summed E-state index contributed by atoms with van der Waals surface area (Å²) in [5.74, 6) is -0.470. The molecule has 0 saturated heterocycles. The number of benzene rings is 3. The molecule has 3 aromatic carbocycles. The lowest BCUT2D eigenvalue weighted by molar-refractivity contribution is -0.207. The van der Waals surface area contributed by atoms with E-state index in [0.717, 1.165) is 0 Å². The van der Waals surface area contributed by atoms with Gasteiger partial charge in [0.1, 0.15) is 23.3 Å². The van der Waals surface area contributed by atoms with E-state index in [0.29, 0.717) is 22.6 Å². The van der Waals surface area contributed by atoms with Crippen molar-refractivity contribution >= 4 is 5.97 Å². The van der Waals surface area contributed by atoms with Crippen LogP contribution < -0.4 is 9.47 Å². The van der Waals surface area contributed by atoms with Crippen LogP contribution in [-0.2, 0) is 16.0 Å². The summed E-state index contributed by atoms with van der Waals surface area (Å²) in [4.78, 5) is 12.4. The Kier molecular flexibility index (Phi) is 7.62. The summed E-state index contributed by atoms with van der Waals surface area (Å²) in [6.45, 7) is 2.72. The first-order chi connectivity index (χ1) is 15.8. The summed E-state index contributed by atoms with van der Waals surface area (Å²) in [5.41, 5.74) is 1.01. The highest BCUT2D eigenvalue weighted by Crippen LogP contribution is 2.29. The summed E-state index contributed by atoms with van der Waals surface area (Å²) in [6.07, 6.45) is -4.54. The molecule has 0 aromatic heterocycles. The lowest BCUT2D eigenvalue weighted by Gasteiger charge is -2.21. The fourth-order valence-corrected chi connectivity index (χ4v) is 2.82. The van der Waals surface area contributed by atoms with E-state index in [-0.39, 0.29) is 12.2 Å². The van der Waals surface area contributed by atoms with Crippen LogP contribution in [0.15, 0.2) is 78.9 Å². The van der Waals surface area contributed by atoms with Gasteiger partial charge in [0.2, 0.25) is 6.10 Å². The first kappa shape index (κ1) is 23.7. The fraction of sp³-hybridized carbons (Fsp3) is 0.231. The topological polar surface area (TPSA) is 68.5 Å². The molecular weight excluding hydrogens is 428 g/mol. The molecule has 0 aliphatic carbocycles. The molecule has 3 rings (SSSR count). The zero-order valence-corrected chi connectivity index (χ0v) is 18.2. The second-order valence-electron chi connectivity index (χ2n) is 7.63. The Hall–Kier alpha value is -3.92. The first-order valence-corrected chi connectivity index (χ1v) is 10.3. The van der Waals surface area contributed by atoms with Gasteiger partial charge >= 0.3 is 12.1 Å². The highest BCUT2D eigenvalue weighted by molar-refractivity contribution is 5.73. The molecule has 0 aliphatic rings. The minimum atomic E-state index is -3.29. The number of carbonyl (C=O) groups excluding carboxylic acids is 1. The maximum Gasteiger partial charge on any atom is 0.400 e. The molecule has 0 spiro atoms. The molecule has 0 radical (unpaired) electrons. The van der Waals surface area contributed by atoms with Crippen LogP contribution in [0.1, 0.15) is 31.1 Å². The summed E-state index contributed by atoms with van der Waals surface area (Å²) < 4.78 is 43.2. The van der Waals surface area contributed by atoms with Crippen molar-refractivity contribution in [2.24, 2.45) is 5.92 Å². The number of hydrogen-bond donors (Lipinski definition) is 0. The minimum absolute atomic E-state index is 0.00375. The molecule has 3 aromatic rings. The van der Waals surface area contributed by atoms with Gasteiger partial charge in [0, 0.05) is 5.56 Å². The summed E-state index contributed by atoms with van der Waals surface area (Å²) >= 11 is 0. The number of alkyl halides is 2. The van der Waals surface area contributed by atoms with E-state index in [1.165, 1.54) is 38.1 Å². The van der Waals surface area contributed by atoms with Gasteiger partial charge < -0.3 is 14.2 Å². The van der Waals surface area contributed by atoms with Gasteiger partial charge in [0.05, 0.1) is 12.3 Å². The second-order valence-corrected chi connectivity index (χ2v) is 7.63. The van der Waals surface area contributed by atoms with E-state index in [1.807, 2.05) is 24.3 Å². The average Bonchev–Trinajstić information content (AvgIpc) is 2.79. The number of esters is 1. The average molecular weight is 451 g/mol. The second kappa shape index (κ2) is 10.6. The Morgan fingerprint density at radius 1 is 0.939 bits per heavy atom. The molecule has 0 bridgehead atoms. The molecule has 33 heavy (non-hydrogen) atoms. The third-order valence-electron chi connectivity index (χ3n) is 4.70. The van der Waals surface area contributed by atoms with E-state index < -0.39 is 24.1 Å². The van der Waals surface area contributed by atoms with Gasteiger partial charge in [0.15, 0.2) is 0 Å². The minimum Gasteiger partial charge on any atom is -0.457 e. The molecule has 1 atom stereocenters. The molecule has 0 aliphatic heterocycles. The third-order valence-corrected chi connectivity index (χ3v) is 4.70. The van der Waals surface area contributed by atoms with Crippen molar-refractivity contribution in [2.45, 2.75) is 32.5 Å². The van der Waals surface area contributed by atoms with Gasteiger partial charge in [-0.15, -0.1) is 0 Å². The molecule has 7 heteroatoms. The Morgan fingerprint density at radius 2 is 1.61 bits per heavy atom. The summed E-state index contributed by atoms with van der Waals surface area (Å²) in [7, 11) is 0. The lowest BCUT2D eigenvalue weighted by Crippen LogP contribution is -2.31. The molecule has 0 N–H and O–H groups in total. The van der Waals surface area contributed by atoms with E-state index in [9.17, 15) is 18.8 Å². The third kappa shape index (κ3) is 6.78. The number of nitrogens with zero attached hydrogens (tertiary/aromatic N) is 1. The molecule has 0 fully saturated rings. The number of rotatable bonds is 9. The number of halogens is 2. The Balaban J connectivity index is 1.61.